The standard InChI is InChI=1S/C10H15BrN2O2/c1-15-6-8(14)5-13-10-3-2-7(11)4-9(10)12/h2-4,8,13-14H,5-6,12H2,1H3. The number of nitrogens with one attached hydrogen (secondary N) is 1. The molecular weight excluding hydrogens is 260 g/mol. The zero-order valence-electron chi connectivity index (χ0n) is 8.53. The molecule has 1 atom stereocenters. The lowest BCUT2D eigenvalue weighted by molar-refractivity contribution is 0.0728. The highest BCUT2D eigenvalue weighted by Gasteiger charge is 2.04. The van der Waals surface area contributed by atoms with Crippen LogP contribution in [0.4, 0.5) is 11.4 Å². The highest BCUT2D eigenvalue weighted by molar-refractivity contribution is 9.10. The molecule has 0 heterocycles. The second-order valence-corrected chi connectivity index (χ2v) is 4.14. The van der Waals surface area contributed by atoms with Crippen molar-refractivity contribution in [3.05, 3.63) is 22.7 Å². The summed E-state index contributed by atoms with van der Waals surface area (Å²) in [6.45, 7) is 0.725. The lowest BCUT2D eigenvalue weighted by Gasteiger charge is -2.13. The minimum Gasteiger partial charge on any atom is -0.397 e. The van der Waals surface area contributed by atoms with Crippen LogP contribution in [0.1, 0.15) is 0 Å². The van der Waals surface area contributed by atoms with Crippen molar-refractivity contribution in [3.63, 3.8) is 0 Å². The summed E-state index contributed by atoms with van der Waals surface area (Å²) >= 11 is 3.32. The van der Waals surface area contributed by atoms with Crippen LogP contribution in [0.15, 0.2) is 22.7 Å². The average Bonchev–Trinajstić information content (AvgIpc) is 2.17. The molecule has 0 saturated carbocycles. The summed E-state index contributed by atoms with van der Waals surface area (Å²) < 4.78 is 5.75. The van der Waals surface area contributed by atoms with Crippen molar-refractivity contribution in [3.8, 4) is 0 Å². The van der Waals surface area contributed by atoms with Gasteiger partial charge in [-0.1, -0.05) is 15.9 Å². The molecule has 0 aliphatic rings. The molecule has 0 spiro atoms. The largest absolute Gasteiger partial charge is 0.397 e. The van der Waals surface area contributed by atoms with Gasteiger partial charge in [-0.25, -0.2) is 0 Å². The number of nitrogen functional groups attached to an aromatic ring is 1. The van der Waals surface area contributed by atoms with Crippen LogP contribution in [0.5, 0.6) is 0 Å². The van der Waals surface area contributed by atoms with Crippen LogP contribution in [0.25, 0.3) is 0 Å². The van der Waals surface area contributed by atoms with Gasteiger partial charge in [0.2, 0.25) is 0 Å². The van der Waals surface area contributed by atoms with Crippen LogP contribution >= 0.6 is 15.9 Å². The lowest BCUT2D eigenvalue weighted by Crippen LogP contribution is -2.24. The van der Waals surface area contributed by atoms with Gasteiger partial charge in [0.25, 0.3) is 0 Å². The Labute approximate surface area is 97.6 Å². The van der Waals surface area contributed by atoms with Crippen LogP contribution in [0, 0.1) is 0 Å². The molecule has 0 aliphatic heterocycles. The number of nitrogens with two attached hydrogens (primary N) is 1. The van der Waals surface area contributed by atoms with Crippen LogP contribution in [-0.4, -0.2) is 31.5 Å². The molecule has 1 unspecified atom stereocenters. The van der Waals surface area contributed by atoms with E-state index in [1.54, 1.807) is 7.11 Å². The highest BCUT2D eigenvalue weighted by atomic mass is 79.9. The predicted octanol–water partition coefficient (Wildman–Crippen LogP) is 1.45. The number of hydrogen-bond acceptors (Lipinski definition) is 4. The summed E-state index contributed by atoms with van der Waals surface area (Å²) in [7, 11) is 1.55. The fourth-order valence-corrected chi connectivity index (χ4v) is 1.55. The number of methoxy groups -OCH3 is 1. The Hall–Kier alpha value is -0.780. The molecule has 1 aromatic carbocycles. The van der Waals surface area contributed by atoms with E-state index in [0.717, 1.165) is 10.2 Å². The number of benzene rings is 1. The topological polar surface area (TPSA) is 67.5 Å². The summed E-state index contributed by atoms with van der Waals surface area (Å²) in [5.41, 5.74) is 7.24. The number of anilines is 2. The zero-order chi connectivity index (χ0) is 11.3. The Kier molecular flexibility index (Phi) is 4.87. The molecular formula is C10H15BrN2O2. The molecule has 1 rings (SSSR count). The van der Waals surface area contributed by atoms with Gasteiger partial charge in [-0.3, -0.25) is 0 Å². The first kappa shape index (κ1) is 12.3. The Morgan fingerprint density at radius 1 is 1.60 bits per heavy atom. The number of aliphatic hydroxyl groups excluding tert-OH is 1. The second kappa shape index (κ2) is 5.95. The Balaban J connectivity index is 2.50. The van der Waals surface area contributed by atoms with E-state index in [1.807, 2.05) is 18.2 Å². The fourth-order valence-electron chi connectivity index (χ4n) is 1.17. The molecule has 0 amide bonds. The van der Waals surface area contributed by atoms with Crippen molar-refractivity contribution in [1.82, 2.24) is 0 Å². The van der Waals surface area contributed by atoms with E-state index in [2.05, 4.69) is 21.2 Å². The number of halogens is 1. The van der Waals surface area contributed by atoms with Gasteiger partial charge in [-0.15, -0.1) is 0 Å². The van der Waals surface area contributed by atoms with Gasteiger partial charge in [-0.2, -0.15) is 0 Å². The number of aliphatic hydroxyl groups is 1. The van der Waals surface area contributed by atoms with Gasteiger partial charge in [0, 0.05) is 18.1 Å². The molecule has 15 heavy (non-hydrogen) atoms. The van der Waals surface area contributed by atoms with Crippen molar-refractivity contribution < 1.29 is 9.84 Å². The summed E-state index contributed by atoms with van der Waals surface area (Å²) in [4.78, 5) is 0. The molecule has 1 aromatic rings. The molecule has 0 fully saturated rings. The third-order valence-corrected chi connectivity index (χ3v) is 2.39. The number of ether oxygens (including phenoxy) is 1. The van der Waals surface area contributed by atoms with Crippen LogP contribution in [0.2, 0.25) is 0 Å². The average molecular weight is 275 g/mol. The van der Waals surface area contributed by atoms with E-state index < -0.39 is 6.10 Å². The van der Waals surface area contributed by atoms with Crippen molar-refractivity contribution in [2.24, 2.45) is 0 Å². The first-order valence-electron chi connectivity index (χ1n) is 4.59. The molecule has 0 aliphatic carbocycles. The maximum absolute atomic E-state index is 9.42. The summed E-state index contributed by atoms with van der Waals surface area (Å²) in [6.07, 6.45) is -0.530. The Bertz CT molecular complexity index is 320. The minimum absolute atomic E-state index is 0.309. The first-order valence-corrected chi connectivity index (χ1v) is 5.38. The molecule has 4 nitrogen and oxygen atoms in total. The van der Waals surface area contributed by atoms with E-state index in [1.165, 1.54) is 0 Å². The number of rotatable bonds is 5. The van der Waals surface area contributed by atoms with E-state index in [4.69, 9.17) is 10.5 Å². The molecule has 0 bridgehead atoms. The predicted molar refractivity (Wildman–Crippen MR) is 64.9 cm³/mol. The normalized spacial score (nSPS) is 12.5. The molecule has 4 N–H and O–H groups in total. The maximum atomic E-state index is 9.42. The molecule has 5 heteroatoms. The zero-order valence-corrected chi connectivity index (χ0v) is 10.1. The monoisotopic (exact) mass is 274 g/mol. The van der Waals surface area contributed by atoms with Gasteiger partial charge >= 0.3 is 0 Å². The smallest absolute Gasteiger partial charge is 0.0945 e. The van der Waals surface area contributed by atoms with Crippen LogP contribution in [0.3, 0.4) is 0 Å². The van der Waals surface area contributed by atoms with Gasteiger partial charge in [0.05, 0.1) is 24.1 Å². The third-order valence-electron chi connectivity index (χ3n) is 1.90. The highest BCUT2D eigenvalue weighted by Crippen LogP contribution is 2.22. The minimum atomic E-state index is -0.530. The first-order chi connectivity index (χ1) is 7.13. The van der Waals surface area contributed by atoms with Gasteiger partial charge in [0.1, 0.15) is 0 Å². The Morgan fingerprint density at radius 3 is 2.93 bits per heavy atom. The summed E-state index contributed by atoms with van der Waals surface area (Å²) in [5.74, 6) is 0. The van der Waals surface area contributed by atoms with Crippen LogP contribution in [-0.2, 0) is 4.74 Å². The maximum Gasteiger partial charge on any atom is 0.0945 e. The summed E-state index contributed by atoms with van der Waals surface area (Å²) in [5, 5.41) is 12.5. The molecule has 0 saturated heterocycles. The van der Waals surface area contributed by atoms with Crippen molar-refractivity contribution in [2.45, 2.75) is 6.10 Å². The molecule has 84 valence electrons. The van der Waals surface area contributed by atoms with E-state index >= 15 is 0 Å². The Morgan fingerprint density at radius 2 is 2.33 bits per heavy atom. The second-order valence-electron chi connectivity index (χ2n) is 3.22. The van der Waals surface area contributed by atoms with Crippen molar-refractivity contribution in [2.75, 3.05) is 31.3 Å². The molecule has 0 aromatic heterocycles. The quantitative estimate of drug-likeness (QED) is 0.711. The number of hydrogen-bond donors (Lipinski definition) is 3. The SMILES string of the molecule is COCC(O)CNc1ccc(Br)cc1N. The van der Waals surface area contributed by atoms with E-state index in [-0.39, 0.29) is 0 Å². The lowest BCUT2D eigenvalue weighted by atomic mass is 10.2. The van der Waals surface area contributed by atoms with Gasteiger partial charge < -0.3 is 20.9 Å². The van der Waals surface area contributed by atoms with Gasteiger partial charge in [-0.05, 0) is 18.2 Å². The fraction of sp³-hybridized carbons (Fsp3) is 0.400. The third kappa shape index (κ3) is 4.07. The van der Waals surface area contributed by atoms with Gasteiger partial charge in [0.15, 0.2) is 0 Å². The summed E-state index contributed by atoms with van der Waals surface area (Å²) in [6, 6.07) is 5.56. The van der Waals surface area contributed by atoms with E-state index in [9.17, 15) is 5.11 Å². The van der Waals surface area contributed by atoms with Crippen molar-refractivity contribution >= 4 is 27.3 Å². The molecule has 0 radical (unpaired) electrons. The van der Waals surface area contributed by atoms with E-state index in [0.29, 0.717) is 18.8 Å². The van der Waals surface area contributed by atoms with Crippen LogP contribution < -0.4 is 11.1 Å². The van der Waals surface area contributed by atoms with Crippen molar-refractivity contribution in [1.29, 1.82) is 0 Å².